The maximum Gasteiger partial charge on any atom is 0.269 e. The molecule has 8 heteroatoms. The SMILES string of the molecule is O=C(c1ccc([N+](=O)[O-])cc1)C1(CSc2ccccc2)C(=O)N2C=Cc3ccccc3C2=C1c1ccc(Cl)cc1. The van der Waals surface area contributed by atoms with Gasteiger partial charge in [0.1, 0.15) is 5.41 Å². The fourth-order valence-electron chi connectivity index (χ4n) is 5.26. The van der Waals surface area contributed by atoms with E-state index in [2.05, 4.69) is 0 Å². The van der Waals surface area contributed by atoms with E-state index in [1.807, 2.05) is 72.8 Å². The molecular weight excluding hydrogens is 544 g/mol. The van der Waals surface area contributed by atoms with Gasteiger partial charge >= 0.3 is 0 Å². The van der Waals surface area contributed by atoms with Gasteiger partial charge in [-0.3, -0.25) is 24.6 Å². The summed E-state index contributed by atoms with van der Waals surface area (Å²) in [5.74, 6) is -0.668. The molecule has 0 fully saturated rings. The second kappa shape index (κ2) is 10.3. The van der Waals surface area contributed by atoms with Gasteiger partial charge in [0.2, 0.25) is 0 Å². The lowest BCUT2D eigenvalue weighted by atomic mass is 9.73. The number of nitro benzene ring substituents is 1. The standard InChI is InChI=1S/C32H21ClN2O4S/c33-24-14-10-22(11-15-24)28-29-27-9-5-4-6-21(27)18-19-34(29)31(37)32(28,20-40-26-7-2-1-3-8-26)30(36)23-12-16-25(17-13-23)35(38)39/h1-19H,20H2. The van der Waals surface area contributed by atoms with Crippen LogP contribution in [0.2, 0.25) is 5.02 Å². The van der Waals surface area contributed by atoms with Crippen molar-refractivity contribution in [3.05, 3.63) is 147 Å². The fraction of sp³-hybridized carbons (Fsp3) is 0.0625. The number of halogens is 1. The number of hydrogen-bond donors (Lipinski definition) is 0. The van der Waals surface area contributed by atoms with Crippen molar-refractivity contribution in [3.8, 4) is 0 Å². The first-order chi connectivity index (χ1) is 19.4. The fourth-order valence-corrected chi connectivity index (χ4v) is 6.51. The number of non-ortho nitro benzene ring substituents is 1. The van der Waals surface area contributed by atoms with E-state index in [0.29, 0.717) is 21.9 Å². The third-order valence-electron chi connectivity index (χ3n) is 7.17. The van der Waals surface area contributed by atoms with Crippen LogP contribution >= 0.6 is 23.4 Å². The minimum Gasteiger partial charge on any atom is -0.293 e. The molecule has 2 aliphatic heterocycles. The number of fused-ring (bicyclic) bond motifs is 3. The summed E-state index contributed by atoms with van der Waals surface area (Å²) in [6, 6.07) is 29.9. The molecule has 2 heterocycles. The molecule has 4 aromatic carbocycles. The van der Waals surface area contributed by atoms with Crippen molar-refractivity contribution in [2.24, 2.45) is 5.41 Å². The van der Waals surface area contributed by atoms with Crippen LogP contribution in [-0.4, -0.2) is 27.3 Å². The highest BCUT2D eigenvalue weighted by Gasteiger charge is 2.58. The number of carbonyl (C=O) groups is 2. The summed E-state index contributed by atoms with van der Waals surface area (Å²) in [5.41, 5.74) is 2.16. The third-order valence-corrected chi connectivity index (χ3v) is 8.60. The van der Waals surface area contributed by atoms with E-state index in [-0.39, 0.29) is 22.9 Å². The molecule has 4 aromatic rings. The first-order valence-electron chi connectivity index (χ1n) is 12.5. The predicted molar refractivity (Wildman–Crippen MR) is 158 cm³/mol. The molecule has 0 saturated carbocycles. The summed E-state index contributed by atoms with van der Waals surface area (Å²) in [5, 5.41) is 11.8. The van der Waals surface area contributed by atoms with Crippen molar-refractivity contribution in [3.63, 3.8) is 0 Å². The number of benzene rings is 4. The Kier molecular flexibility index (Phi) is 6.62. The molecule has 1 amide bonds. The molecule has 0 aliphatic carbocycles. The van der Waals surface area contributed by atoms with Crippen LogP contribution in [0.4, 0.5) is 5.69 Å². The average Bonchev–Trinajstić information content (AvgIpc) is 3.25. The summed E-state index contributed by atoms with van der Waals surface area (Å²) in [6.07, 6.45) is 3.58. The van der Waals surface area contributed by atoms with Crippen LogP contribution in [0.25, 0.3) is 17.3 Å². The van der Waals surface area contributed by atoms with Gasteiger partial charge in [0, 0.05) is 50.7 Å². The number of ketones is 1. The summed E-state index contributed by atoms with van der Waals surface area (Å²) >= 11 is 7.66. The molecule has 0 N–H and O–H groups in total. The molecule has 0 radical (unpaired) electrons. The Morgan fingerprint density at radius 3 is 2.27 bits per heavy atom. The topological polar surface area (TPSA) is 80.5 Å². The van der Waals surface area contributed by atoms with Crippen LogP contribution in [0.15, 0.2) is 114 Å². The molecule has 0 bridgehead atoms. The Labute approximate surface area is 239 Å². The highest BCUT2D eigenvalue weighted by atomic mass is 35.5. The summed E-state index contributed by atoms with van der Waals surface area (Å²) in [6.45, 7) is 0. The number of nitro groups is 1. The number of Topliss-reactive ketones (excluding diaryl/α,β-unsaturated/α-hetero) is 1. The van der Waals surface area contributed by atoms with Crippen molar-refractivity contribution in [2.45, 2.75) is 4.90 Å². The van der Waals surface area contributed by atoms with Gasteiger partial charge in [-0.2, -0.15) is 0 Å². The summed E-state index contributed by atoms with van der Waals surface area (Å²) in [4.78, 5) is 42.5. The second-order valence-electron chi connectivity index (χ2n) is 9.45. The average molecular weight is 565 g/mol. The first kappa shape index (κ1) is 25.8. The van der Waals surface area contributed by atoms with Crippen molar-refractivity contribution in [1.82, 2.24) is 4.90 Å². The lowest BCUT2D eigenvalue weighted by molar-refractivity contribution is -0.384. The van der Waals surface area contributed by atoms with Gasteiger partial charge < -0.3 is 0 Å². The molecule has 6 rings (SSSR count). The van der Waals surface area contributed by atoms with E-state index in [4.69, 9.17) is 11.6 Å². The van der Waals surface area contributed by atoms with E-state index >= 15 is 0 Å². The normalized spacial score (nSPS) is 17.5. The molecule has 40 heavy (non-hydrogen) atoms. The number of hydrogen-bond acceptors (Lipinski definition) is 5. The Bertz CT molecular complexity index is 1720. The van der Waals surface area contributed by atoms with Gasteiger partial charge in [-0.25, -0.2) is 0 Å². The third kappa shape index (κ3) is 4.24. The molecule has 196 valence electrons. The zero-order valence-electron chi connectivity index (χ0n) is 21.0. The number of amides is 1. The molecule has 1 unspecified atom stereocenters. The molecule has 0 spiro atoms. The number of carbonyl (C=O) groups excluding carboxylic acids is 2. The van der Waals surface area contributed by atoms with E-state index < -0.39 is 16.1 Å². The molecule has 6 nitrogen and oxygen atoms in total. The van der Waals surface area contributed by atoms with E-state index in [1.54, 1.807) is 23.2 Å². The van der Waals surface area contributed by atoms with Crippen molar-refractivity contribution >= 4 is 58.1 Å². The van der Waals surface area contributed by atoms with Gasteiger partial charge in [-0.15, -0.1) is 11.8 Å². The minimum atomic E-state index is -1.62. The highest BCUT2D eigenvalue weighted by Crippen LogP contribution is 2.55. The molecule has 0 aromatic heterocycles. The Balaban J connectivity index is 1.62. The number of thioether (sulfide) groups is 1. The van der Waals surface area contributed by atoms with Gasteiger partial charge in [-0.1, -0.05) is 66.2 Å². The van der Waals surface area contributed by atoms with Gasteiger partial charge in [-0.05, 0) is 53.6 Å². The van der Waals surface area contributed by atoms with Crippen LogP contribution in [-0.2, 0) is 4.79 Å². The second-order valence-corrected chi connectivity index (χ2v) is 10.9. The smallest absolute Gasteiger partial charge is 0.269 e. The highest BCUT2D eigenvalue weighted by molar-refractivity contribution is 7.99. The van der Waals surface area contributed by atoms with E-state index in [0.717, 1.165) is 16.0 Å². The summed E-state index contributed by atoms with van der Waals surface area (Å²) in [7, 11) is 0. The Morgan fingerprint density at radius 1 is 0.900 bits per heavy atom. The minimum absolute atomic E-state index is 0.125. The molecule has 2 aliphatic rings. The Morgan fingerprint density at radius 2 is 1.57 bits per heavy atom. The van der Waals surface area contributed by atoms with Crippen LogP contribution in [0.5, 0.6) is 0 Å². The summed E-state index contributed by atoms with van der Waals surface area (Å²) < 4.78 is 0. The largest absolute Gasteiger partial charge is 0.293 e. The molecule has 1 atom stereocenters. The molecule has 0 saturated heterocycles. The van der Waals surface area contributed by atoms with Gasteiger partial charge in [0.15, 0.2) is 5.78 Å². The van der Waals surface area contributed by atoms with Crippen molar-refractivity contribution < 1.29 is 14.5 Å². The van der Waals surface area contributed by atoms with Gasteiger partial charge in [0.25, 0.3) is 11.6 Å². The first-order valence-corrected chi connectivity index (χ1v) is 13.9. The zero-order chi connectivity index (χ0) is 27.9. The van der Waals surface area contributed by atoms with Crippen LogP contribution in [0.3, 0.4) is 0 Å². The van der Waals surface area contributed by atoms with Gasteiger partial charge in [0.05, 0.1) is 10.6 Å². The van der Waals surface area contributed by atoms with Crippen LogP contribution in [0, 0.1) is 15.5 Å². The van der Waals surface area contributed by atoms with Crippen LogP contribution in [0.1, 0.15) is 27.0 Å². The Hall–Kier alpha value is -4.46. The monoisotopic (exact) mass is 564 g/mol. The predicted octanol–water partition coefficient (Wildman–Crippen LogP) is 7.60. The molecular formula is C32H21ClN2O4S. The van der Waals surface area contributed by atoms with Crippen LogP contribution < -0.4 is 0 Å². The van der Waals surface area contributed by atoms with Crippen molar-refractivity contribution in [2.75, 3.05) is 5.75 Å². The maximum atomic E-state index is 14.7. The van der Waals surface area contributed by atoms with E-state index in [1.165, 1.54) is 36.0 Å². The quantitative estimate of drug-likeness (QED) is 0.0758. The lowest BCUT2D eigenvalue weighted by Gasteiger charge is -2.29. The van der Waals surface area contributed by atoms with E-state index in [9.17, 15) is 19.7 Å². The van der Waals surface area contributed by atoms with Crippen molar-refractivity contribution in [1.29, 1.82) is 0 Å². The lowest BCUT2D eigenvalue weighted by Crippen LogP contribution is -2.44. The number of nitrogens with zero attached hydrogens (tertiary/aromatic N) is 2. The maximum absolute atomic E-state index is 14.7. The number of rotatable bonds is 7. The zero-order valence-corrected chi connectivity index (χ0v) is 22.6.